The number of Topliss-reactive ketones (excluding diaryl/α,β-unsaturated/α-hetero) is 1. The molecule has 1 saturated heterocycles. The van der Waals surface area contributed by atoms with Crippen LogP contribution in [-0.2, 0) is 0 Å². The predicted molar refractivity (Wildman–Crippen MR) is 103 cm³/mol. The summed E-state index contributed by atoms with van der Waals surface area (Å²) in [6, 6.07) is 13.7. The lowest BCUT2D eigenvalue weighted by Gasteiger charge is -2.35. The van der Waals surface area contributed by atoms with Gasteiger partial charge < -0.3 is 9.64 Å². The van der Waals surface area contributed by atoms with E-state index in [0.29, 0.717) is 11.1 Å². The first-order chi connectivity index (χ1) is 12.5. The van der Waals surface area contributed by atoms with E-state index >= 15 is 0 Å². The molecule has 134 valence electrons. The zero-order valence-corrected chi connectivity index (χ0v) is 15.6. The van der Waals surface area contributed by atoms with Crippen molar-refractivity contribution in [2.75, 3.05) is 18.0 Å². The molecule has 1 aliphatic heterocycles. The molecule has 26 heavy (non-hydrogen) atoms. The van der Waals surface area contributed by atoms with E-state index in [9.17, 15) is 10.1 Å². The third-order valence-electron chi connectivity index (χ3n) is 4.93. The van der Waals surface area contributed by atoms with Crippen molar-refractivity contribution in [3.63, 3.8) is 0 Å². The van der Waals surface area contributed by atoms with Crippen LogP contribution in [0.2, 0.25) is 0 Å². The fourth-order valence-electron chi connectivity index (χ4n) is 3.39. The number of carbonyl (C=O) groups excluding carboxylic acids is 1. The van der Waals surface area contributed by atoms with E-state index in [4.69, 9.17) is 4.74 Å². The van der Waals surface area contributed by atoms with Gasteiger partial charge in [0.1, 0.15) is 11.9 Å². The molecule has 2 aromatic carbocycles. The molecule has 3 rings (SSSR count). The summed E-state index contributed by atoms with van der Waals surface area (Å²) in [6.45, 7) is 7.33. The Bertz CT molecular complexity index is 859. The fraction of sp³-hybridized carbons (Fsp3) is 0.364. The van der Waals surface area contributed by atoms with E-state index in [1.807, 2.05) is 6.07 Å². The first-order valence-electron chi connectivity index (χ1n) is 9.02. The molecule has 1 fully saturated rings. The number of aryl methyl sites for hydroxylation is 2. The Morgan fingerprint density at radius 2 is 1.88 bits per heavy atom. The molecular formula is C22H24N2O2. The van der Waals surface area contributed by atoms with Crippen molar-refractivity contribution in [3.05, 3.63) is 58.7 Å². The van der Waals surface area contributed by atoms with E-state index < -0.39 is 0 Å². The molecule has 0 bridgehead atoms. The number of rotatable bonds is 4. The summed E-state index contributed by atoms with van der Waals surface area (Å²) in [5.74, 6) is 0.984. The van der Waals surface area contributed by atoms with Gasteiger partial charge in [0.2, 0.25) is 0 Å². The molecule has 1 aliphatic rings. The van der Waals surface area contributed by atoms with Crippen molar-refractivity contribution in [1.82, 2.24) is 0 Å². The zero-order valence-electron chi connectivity index (χ0n) is 15.6. The molecule has 0 atom stereocenters. The summed E-state index contributed by atoms with van der Waals surface area (Å²) in [5, 5.41) is 9.17. The highest BCUT2D eigenvalue weighted by atomic mass is 16.5. The van der Waals surface area contributed by atoms with Crippen LogP contribution in [0, 0.1) is 25.2 Å². The lowest BCUT2D eigenvalue weighted by Crippen LogP contribution is -2.39. The van der Waals surface area contributed by atoms with Gasteiger partial charge in [-0.1, -0.05) is 12.1 Å². The highest BCUT2D eigenvalue weighted by Crippen LogP contribution is 2.29. The monoisotopic (exact) mass is 348 g/mol. The number of hydrogen-bond acceptors (Lipinski definition) is 4. The van der Waals surface area contributed by atoms with E-state index in [2.05, 4.69) is 43.0 Å². The molecule has 0 amide bonds. The van der Waals surface area contributed by atoms with E-state index in [1.165, 1.54) is 5.56 Å². The number of nitrogens with zero attached hydrogens (tertiary/aromatic N) is 2. The maximum atomic E-state index is 11.9. The minimum Gasteiger partial charge on any atom is -0.490 e. The number of carbonyl (C=O) groups is 1. The van der Waals surface area contributed by atoms with Crippen LogP contribution >= 0.6 is 0 Å². The normalized spacial score (nSPS) is 14.8. The Labute approximate surface area is 155 Å². The molecule has 0 radical (unpaired) electrons. The smallest absolute Gasteiger partial charge is 0.161 e. The number of ketones is 1. The average Bonchev–Trinajstić information content (AvgIpc) is 2.64. The first-order valence-corrected chi connectivity index (χ1v) is 9.02. The van der Waals surface area contributed by atoms with Gasteiger partial charge in [-0.05, 0) is 56.2 Å². The minimum atomic E-state index is 0.0262. The van der Waals surface area contributed by atoms with Gasteiger partial charge in [0, 0.05) is 37.2 Å². The largest absolute Gasteiger partial charge is 0.490 e. The molecule has 0 N–H and O–H groups in total. The molecular weight excluding hydrogens is 324 g/mol. The Kier molecular flexibility index (Phi) is 5.27. The van der Waals surface area contributed by atoms with Crippen LogP contribution in [-0.4, -0.2) is 25.0 Å². The summed E-state index contributed by atoms with van der Waals surface area (Å²) in [6.07, 6.45) is 1.95. The van der Waals surface area contributed by atoms with Gasteiger partial charge in [-0.15, -0.1) is 0 Å². The van der Waals surface area contributed by atoms with E-state index in [-0.39, 0.29) is 11.9 Å². The molecule has 4 nitrogen and oxygen atoms in total. The van der Waals surface area contributed by atoms with Crippen molar-refractivity contribution in [3.8, 4) is 11.8 Å². The van der Waals surface area contributed by atoms with Crippen LogP contribution in [0.15, 0.2) is 36.4 Å². The Morgan fingerprint density at radius 1 is 1.15 bits per heavy atom. The maximum Gasteiger partial charge on any atom is 0.161 e. The number of ether oxygens (including phenoxy) is 1. The number of nitriles is 1. The first kappa shape index (κ1) is 18.0. The molecule has 0 spiro atoms. The van der Waals surface area contributed by atoms with Gasteiger partial charge in [0.15, 0.2) is 5.78 Å². The number of hydrogen-bond donors (Lipinski definition) is 0. The predicted octanol–water partition coefficient (Wildman–Crippen LogP) is 4.43. The summed E-state index contributed by atoms with van der Waals surface area (Å²) >= 11 is 0. The fourth-order valence-corrected chi connectivity index (χ4v) is 3.39. The highest BCUT2D eigenvalue weighted by molar-refractivity contribution is 6.00. The maximum absolute atomic E-state index is 11.9. The van der Waals surface area contributed by atoms with Gasteiger partial charge in [-0.2, -0.15) is 5.26 Å². The molecule has 0 aromatic heterocycles. The third kappa shape index (κ3) is 3.88. The molecule has 4 heteroatoms. The van der Waals surface area contributed by atoms with Crippen LogP contribution in [0.5, 0.6) is 5.75 Å². The van der Waals surface area contributed by atoms with Gasteiger partial charge in [0.05, 0.1) is 11.6 Å². The molecule has 0 aliphatic carbocycles. The second-order valence-electron chi connectivity index (χ2n) is 6.97. The van der Waals surface area contributed by atoms with Crippen LogP contribution in [0.3, 0.4) is 0 Å². The lowest BCUT2D eigenvalue weighted by molar-refractivity contribution is 0.101. The van der Waals surface area contributed by atoms with E-state index in [0.717, 1.165) is 42.9 Å². The van der Waals surface area contributed by atoms with Crippen LogP contribution in [0.4, 0.5) is 5.69 Å². The van der Waals surface area contributed by atoms with Crippen molar-refractivity contribution in [2.24, 2.45) is 0 Å². The summed E-state index contributed by atoms with van der Waals surface area (Å²) in [5.41, 5.74) is 4.47. The van der Waals surface area contributed by atoms with Crippen molar-refractivity contribution in [2.45, 2.75) is 39.7 Å². The standard InChI is InChI=1S/C22H24N2O2/c1-15-4-5-16(2)22(12-15)26-19-8-10-24(11-9-19)21-13-18(14-23)6-7-20(21)17(3)25/h4-7,12-13,19H,8-11H2,1-3H3. The minimum absolute atomic E-state index is 0.0262. The number of piperidine rings is 1. The highest BCUT2D eigenvalue weighted by Gasteiger charge is 2.24. The molecule has 1 heterocycles. The molecule has 2 aromatic rings. The van der Waals surface area contributed by atoms with Crippen LogP contribution < -0.4 is 9.64 Å². The Balaban J connectivity index is 1.72. The molecule has 0 saturated carbocycles. The van der Waals surface area contributed by atoms with Gasteiger partial charge in [0.25, 0.3) is 0 Å². The lowest BCUT2D eigenvalue weighted by atomic mass is 10.0. The second kappa shape index (κ2) is 7.61. The summed E-state index contributed by atoms with van der Waals surface area (Å²) < 4.78 is 6.23. The van der Waals surface area contributed by atoms with E-state index in [1.54, 1.807) is 19.1 Å². The van der Waals surface area contributed by atoms with Gasteiger partial charge >= 0.3 is 0 Å². The summed E-state index contributed by atoms with van der Waals surface area (Å²) in [7, 11) is 0. The van der Waals surface area contributed by atoms with Gasteiger partial charge in [-0.25, -0.2) is 0 Å². The third-order valence-corrected chi connectivity index (χ3v) is 4.93. The van der Waals surface area contributed by atoms with Crippen LogP contribution in [0.25, 0.3) is 0 Å². The number of anilines is 1. The topological polar surface area (TPSA) is 53.3 Å². The quantitative estimate of drug-likeness (QED) is 0.767. The van der Waals surface area contributed by atoms with Crippen molar-refractivity contribution < 1.29 is 9.53 Å². The number of benzene rings is 2. The van der Waals surface area contributed by atoms with Crippen molar-refractivity contribution in [1.29, 1.82) is 5.26 Å². The summed E-state index contributed by atoms with van der Waals surface area (Å²) in [4.78, 5) is 14.1. The second-order valence-corrected chi connectivity index (χ2v) is 6.97. The van der Waals surface area contributed by atoms with Gasteiger partial charge in [-0.3, -0.25) is 4.79 Å². The average molecular weight is 348 g/mol. The Morgan fingerprint density at radius 3 is 2.54 bits per heavy atom. The molecule has 0 unspecified atom stereocenters. The SMILES string of the molecule is CC(=O)c1ccc(C#N)cc1N1CCC(Oc2cc(C)ccc2C)CC1. The zero-order chi connectivity index (χ0) is 18.7. The van der Waals surface area contributed by atoms with Crippen LogP contribution in [0.1, 0.15) is 46.8 Å². The van der Waals surface area contributed by atoms with Crippen molar-refractivity contribution >= 4 is 11.5 Å². The Hall–Kier alpha value is -2.80.